The zero-order valence-corrected chi connectivity index (χ0v) is 11.9. The van der Waals surface area contributed by atoms with E-state index in [0.29, 0.717) is 12.3 Å². The van der Waals surface area contributed by atoms with Crippen LogP contribution in [0.25, 0.3) is 0 Å². The summed E-state index contributed by atoms with van der Waals surface area (Å²) in [5.41, 5.74) is 2.33. The second-order valence-corrected chi connectivity index (χ2v) is 5.63. The lowest BCUT2D eigenvalue weighted by atomic mass is 10.0. The van der Waals surface area contributed by atoms with Gasteiger partial charge in [0.2, 0.25) is 0 Å². The van der Waals surface area contributed by atoms with Crippen molar-refractivity contribution in [3.63, 3.8) is 0 Å². The highest BCUT2D eigenvalue weighted by Crippen LogP contribution is 2.33. The highest BCUT2D eigenvalue weighted by Gasteiger charge is 2.19. The van der Waals surface area contributed by atoms with Gasteiger partial charge in [-0.1, -0.05) is 15.9 Å². The van der Waals surface area contributed by atoms with Crippen LogP contribution in [0.2, 0.25) is 0 Å². The summed E-state index contributed by atoms with van der Waals surface area (Å²) in [6.07, 6.45) is 2.85. The van der Waals surface area contributed by atoms with Crippen molar-refractivity contribution >= 4 is 27.5 Å². The Hall–Kier alpha value is -0.250. The van der Waals surface area contributed by atoms with Gasteiger partial charge in [-0.25, -0.2) is 0 Å². The Morgan fingerprint density at radius 1 is 1.47 bits per heavy atom. The lowest BCUT2D eigenvalue weighted by Gasteiger charge is -2.13. The molecule has 1 atom stereocenters. The SMILES string of the molecule is OC(CCCCl)Cc1cc(Br)cc2c1OCC2. The molecule has 0 spiro atoms. The zero-order chi connectivity index (χ0) is 12.3. The minimum Gasteiger partial charge on any atom is -0.493 e. The number of rotatable bonds is 5. The number of aliphatic hydroxyl groups is 1. The van der Waals surface area contributed by atoms with Crippen molar-refractivity contribution in [2.45, 2.75) is 31.8 Å². The molecule has 2 rings (SSSR count). The van der Waals surface area contributed by atoms with E-state index in [9.17, 15) is 5.11 Å². The summed E-state index contributed by atoms with van der Waals surface area (Å²) < 4.78 is 6.69. The van der Waals surface area contributed by atoms with Crippen LogP contribution in [0.3, 0.4) is 0 Å². The molecule has 0 aromatic heterocycles. The number of alkyl halides is 1. The van der Waals surface area contributed by atoms with Crippen LogP contribution in [0.5, 0.6) is 5.75 Å². The molecule has 0 radical (unpaired) electrons. The molecule has 1 unspecified atom stereocenters. The van der Waals surface area contributed by atoms with Crippen LogP contribution >= 0.6 is 27.5 Å². The molecule has 0 bridgehead atoms. The third-order valence-electron chi connectivity index (χ3n) is 2.95. The Morgan fingerprint density at radius 2 is 2.29 bits per heavy atom. The van der Waals surface area contributed by atoms with E-state index in [4.69, 9.17) is 16.3 Å². The first-order valence-corrected chi connectivity index (χ1v) is 7.21. The number of hydrogen-bond acceptors (Lipinski definition) is 2. The number of ether oxygens (including phenoxy) is 1. The van der Waals surface area contributed by atoms with E-state index in [1.54, 1.807) is 0 Å². The van der Waals surface area contributed by atoms with Crippen LogP contribution in [-0.4, -0.2) is 23.7 Å². The quantitative estimate of drug-likeness (QED) is 0.844. The molecule has 1 aliphatic rings. The lowest BCUT2D eigenvalue weighted by Crippen LogP contribution is -2.11. The number of benzene rings is 1. The molecule has 0 fully saturated rings. The van der Waals surface area contributed by atoms with Crippen molar-refractivity contribution < 1.29 is 9.84 Å². The van der Waals surface area contributed by atoms with Crippen molar-refractivity contribution in [1.29, 1.82) is 0 Å². The summed E-state index contributed by atoms with van der Waals surface area (Å²) >= 11 is 9.12. The molecule has 1 aromatic carbocycles. The van der Waals surface area contributed by atoms with Gasteiger partial charge >= 0.3 is 0 Å². The van der Waals surface area contributed by atoms with Gasteiger partial charge in [0.15, 0.2) is 0 Å². The van der Waals surface area contributed by atoms with E-state index in [1.807, 2.05) is 6.07 Å². The maximum Gasteiger partial charge on any atom is 0.125 e. The third kappa shape index (κ3) is 3.36. The summed E-state index contributed by atoms with van der Waals surface area (Å²) in [5.74, 6) is 1.57. The van der Waals surface area contributed by atoms with Crippen molar-refractivity contribution in [1.82, 2.24) is 0 Å². The summed E-state index contributed by atoms with van der Waals surface area (Å²) in [5, 5.41) is 9.93. The number of hydrogen-bond donors (Lipinski definition) is 1. The smallest absolute Gasteiger partial charge is 0.125 e. The van der Waals surface area contributed by atoms with Gasteiger partial charge in [0.25, 0.3) is 0 Å². The maximum absolute atomic E-state index is 9.93. The molecule has 1 aromatic rings. The van der Waals surface area contributed by atoms with E-state index in [-0.39, 0.29) is 6.10 Å². The minimum atomic E-state index is -0.337. The van der Waals surface area contributed by atoms with E-state index < -0.39 is 0 Å². The molecule has 0 amide bonds. The first-order valence-electron chi connectivity index (χ1n) is 5.89. The predicted molar refractivity (Wildman–Crippen MR) is 73.0 cm³/mol. The van der Waals surface area contributed by atoms with Gasteiger partial charge in [0, 0.05) is 23.2 Å². The monoisotopic (exact) mass is 318 g/mol. The second kappa shape index (κ2) is 6.07. The molecule has 1 N–H and O–H groups in total. The second-order valence-electron chi connectivity index (χ2n) is 4.34. The van der Waals surface area contributed by atoms with Gasteiger partial charge in [0.1, 0.15) is 5.75 Å². The van der Waals surface area contributed by atoms with Crippen molar-refractivity contribution in [3.05, 3.63) is 27.7 Å². The van der Waals surface area contributed by atoms with Crippen LogP contribution in [0.4, 0.5) is 0 Å². The van der Waals surface area contributed by atoms with Gasteiger partial charge < -0.3 is 9.84 Å². The van der Waals surface area contributed by atoms with Crippen LogP contribution in [-0.2, 0) is 12.8 Å². The average Bonchev–Trinajstić information content (AvgIpc) is 2.74. The van der Waals surface area contributed by atoms with E-state index in [2.05, 4.69) is 22.0 Å². The molecule has 0 aliphatic carbocycles. The molecule has 4 heteroatoms. The Balaban J connectivity index is 2.10. The largest absolute Gasteiger partial charge is 0.493 e. The minimum absolute atomic E-state index is 0.337. The number of halogens is 2. The standard InChI is InChI=1S/C13H16BrClO2/c14-11-6-9-3-5-17-13(9)10(7-11)8-12(16)2-1-4-15/h6-7,12,16H,1-5,8H2. The molecular formula is C13H16BrClO2. The lowest BCUT2D eigenvalue weighted by molar-refractivity contribution is 0.163. The Bertz CT molecular complexity index is 395. The fourth-order valence-electron chi connectivity index (χ4n) is 2.17. The molecule has 1 heterocycles. The van der Waals surface area contributed by atoms with Crippen LogP contribution in [0, 0.1) is 0 Å². The van der Waals surface area contributed by atoms with Crippen molar-refractivity contribution in [3.8, 4) is 5.75 Å². The predicted octanol–water partition coefficient (Wildman–Crippen LogP) is 3.31. The van der Waals surface area contributed by atoms with E-state index in [0.717, 1.165) is 41.7 Å². The first kappa shape index (κ1) is 13.2. The van der Waals surface area contributed by atoms with Gasteiger partial charge in [-0.2, -0.15) is 0 Å². The average molecular weight is 320 g/mol. The molecule has 0 saturated heterocycles. The summed E-state index contributed by atoms with van der Waals surface area (Å²) in [4.78, 5) is 0. The summed E-state index contributed by atoms with van der Waals surface area (Å²) in [6, 6.07) is 4.13. The molecule has 0 saturated carbocycles. The topological polar surface area (TPSA) is 29.5 Å². The number of fused-ring (bicyclic) bond motifs is 1. The highest BCUT2D eigenvalue weighted by molar-refractivity contribution is 9.10. The Morgan fingerprint density at radius 3 is 3.06 bits per heavy atom. The van der Waals surface area contributed by atoms with E-state index in [1.165, 1.54) is 5.56 Å². The van der Waals surface area contributed by atoms with Crippen LogP contribution in [0.15, 0.2) is 16.6 Å². The Kier molecular flexibility index (Phi) is 4.71. The normalized spacial score (nSPS) is 15.5. The van der Waals surface area contributed by atoms with Gasteiger partial charge in [0.05, 0.1) is 12.7 Å². The molecular weight excluding hydrogens is 303 g/mol. The fourth-order valence-corrected chi connectivity index (χ4v) is 2.87. The van der Waals surface area contributed by atoms with Crippen LogP contribution in [0.1, 0.15) is 24.0 Å². The summed E-state index contributed by atoms with van der Waals surface area (Å²) in [7, 11) is 0. The fraction of sp³-hybridized carbons (Fsp3) is 0.538. The Labute approximate surface area is 115 Å². The molecule has 94 valence electrons. The van der Waals surface area contributed by atoms with Crippen molar-refractivity contribution in [2.24, 2.45) is 0 Å². The maximum atomic E-state index is 9.93. The van der Waals surface area contributed by atoms with Crippen molar-refractivity contribution in [2.75, 3.05) is 12.5 Å². The molecule has 1 aliphatic heterocycles. The summed E-state index contributed by atoms with van der Waals surface area (Å²) in [6.45, 7) is 0.747. The molecule has 17 heavy (non-hydrogen) atoms. The van der Waals surface area contributed by atoms with E-state index >= 15 is 0 Å². The third-order valence-corrected chi connectivity index (χ3v) is 3.68. The van der Waals surface area contributed by atoms with Gasteiger partial charge in [-0.05, 0) is 36.1 Å². The zero-order valence-electron chi connectivity index (χ0n) is 9.59. The number of aliphatic hydroxyl groups excluding tert-OH is 1. The highest BCUT2D eigenvalue weighted by atomic mass is 79.9. The first-order chi connectivity index (χ1) is 8.20. The van der Waals surface area contributed by atoms with Gasteiger partial charge in [-0.3, -0.25) is 0 Å². The van der Waals surface area contributed by atoms with Crippen LogP contribution < -0.4 is 4.74 Å². The molecule has 2 nitrogen and oxygen atoms in total. The van der Waals surface area contributed by atoms with Gasteiger partial charge in [-0.15, -0.1) is 11.6 Å².